The van der Waals surface area contributed by atoms with Crippen LogP contribution in [0.5, 0.6) is 0 Å². The fourth-order valence-corrected chi connectivity index (χ4v) is 1.89. The molecule has 0 spiro atoms. The van der Waals surface area contributed by atoms with Crippen molar-refractivity contribution in [2.24, 2.45) is 5.41 Å². The monoisotopic (exact) mass is 524 g/mol. The van der Waals surface area contributed by atoms with Crippen LogP contribution in [0.1, 0.15) is 76.2 Å². The van der Waals surface area contributed by atoms with Crippen molar-refractivity contribution in [1.82, 2.24) is 10.6 Å². The molecule has 0 aliphatic carbocycles. The summed E-state index contributed by atoms with van der Waals surface area (Å²) >= 11 is 0. The molecule has 12 heteroatoms. The van der Waals surface area contributed by atoms with Gasteiger partial charge in [0.25, 0.3) is 0 Å². The molecule has 2 amide bonds. The second-order valence-electron chi connectivity index (χ2n) is 9.10. The first-order valence-corrected chi connectivity index (χ1v) is 12.1. The number of alkyl carbamates (subject to hydrolysis) is 2. The van der Waals surface area contributed by atoms with Gasteiger partial charge in [0.2, 0.25) is 0 Å². The molecule has 0 aromatic heterocycles. The second-order valence-corrected chi connectivity index (χ2v) is 9.10. The molecule has 0 radical (unpaired) electrons. The number of cyclic esters (lactones) is 2. The topological polar surface area (TPSA) is 159 Å². The number of nitrogens with one attached hydrogen (secondary N) is 2. The first-order chi connectivity index (χ1) is 16.6. The van der Waals surface area contributed by atoms with E-state index in [2.05, 4.69) is 20.1 Å². The molecular formula is C24H48N2O10. The zero-order chi connectivity index (χ0) is 29.0. The summed E-state index contributed by atoms with van der Waals surface area (Å²) in [6.45, 7) is 20.3. The van der Waals surface area contributed by atoms with Crippen LogP contribution in [0.4, 0.5) is 14.4 Å². The molecule has 0 aromatic carbocycles. The Morgan fingerprint density at radius 1 is 0.861 bits per heavy atom. The van der Waals surface area contributed by atoms with Crippen LogP contribution < -0.4 is 10.6 Å². The lowest BCUT2D eigenvalue weighted by molar-refractivity contribution is -0.165. The van der Waals surface area contributed by atoms with E-state index in [-0.39, 0.29) is 39.5 Å². The van der Waals surface area contributed by atoms with Crippen molar-refractivity contribution in [3.63, 3.8) is 0 Å². The number of esters is 1. The van der Waals surface area contributed by atoms with Crippen LogP contribution in [0, 0.1) is 5.41 Å². The van der Waals surface area contributed by atoms with Crippen LogP contribution in [0.2, 0.25) is 0 Å². The number of carbonyl (C=O) groups is 4. The highest BCUT2D eigenvalue weighted by Gasteiger charge is 2.41. The van der Waals surface area contributed by atoms with Crippen LogP contribution >= 0.6 is 0 Å². The van der Waals surface area contributed by atoms with Gasteiger partial charge < -0.3 is 39.4 Å². The fraction of sp³-hybridized carbons (Fsp3) is 0.833. The van der Waals surface area contributed by atoms with E-state index >= 15 is 0 Å². The third-order valence-electron chi connectivity index (χ3n) is 3.29. The molecule has 3 N–H and O–H groups in total. The third kappa shape index (κ3) is 21.8. The smallest absolute Gasteiger partial charge is 0.463 e. The van der Waals surface area contributed by atoms with Gasteiger partial charge in [-0.1, -0.05) is 27.7 Å². The Morgan fingerprint density at radius 2 is 1.25 bits per heavy atom. The number of ether oxygens (including phenoxy) is 5. The van der Waals surface area contributed by atoms with Crippen molar-refractivity contribution in [2.75, 3.05) is 39.5 Å². The maximum Gasteiger partial charge on any atom is 0.508 e. The largest absolute Gasteiger partial charge is 0.508 e. The van der Waals surface area contributed by atoms with Gasteiger partial charge in [-0.05, 0) is 48.5 Å². The van der Waals surface area contributed by atoms with Crippen molar-refractivity contribution in [3.05, 3.63) is 0 Å². The Morgan fingerprint density at radius 3 is 1.61 bits per heavy atom. The number of rotatable bonds is 6. The Bertz CT molecular complexity index is 630. The first-order valence-electron chi connectivity index (χ1n) is 12.1. The van der Waals surface area contributed by atoms with Crippen molar-refractivity contribution in [2.45, 2.75) is 87.4 Å². The molecule has 214 valence electrons. The number of hydrogen-bond donors (Lipinski definition) is 3. The number of aliphatic hydroxyl groups is 1. The molecule has 1 aliphatic rings. The van der Waals surface area contributed by atoms with Gasteiger partial charge in [-0.25, -0.2) is 14.4 Å². The number of aliphatic hydroxyl groups excluding tert-OH is 1. The van der Waals surface area contributed by atoms with E-state index < -0.39 is 40.9 Å². The highest BCUT2D eigenvalue weighted by Crippen LogP contribution is 2.23. The van der Waals surface area contributed by atoms with Crippen molar-refractivity contribution >= 4 is 24.3 Å². The molecule has 1 heterocycles. The molecule has 1 aliphatic heterocycles. The molecule has 12 nitrogen and oxygen atoms in total. The predicted octanol–water partition coefficient (Wildman–Crippen LogP) is 3.78. The summed E-state index contributed by atoms with van der Waals surface area (Å²) in [4.78, 5) is 44.8. The van der Waals surface area contributed by atoms with Gasteiger partial charge in [-0.15, -0.1) is 0 Å². The molecule has 1 saturated heterocycles. The summed E-state index contributed by atoms with van der Waals surface area (Å²) in [5.74, 6) is -0.555. The average molecular weight is 525 g/mol. The lowest BCUT2D eigenvalue weighted by atomic mass is 9.93. The molecule has 1 fully saturated rings. The highest BCUT2D eigenvalue weighted by atomic mass is 16.7. The van der Waals surface area contributed by atoms with E-state index in [9.17, 15) is 19.2 Å². The van der Waals surface area contributed by atoms with Crippen molar-refractivity contribution < 1.29 is 48.0 Å². The molecule has 0 bridgehead atoms. The van der Waals surface area contributed by atoms with Gasteiger partial charge in [-0.2, -0.15) is 0 Å². The van der Waals surface area contributed by atoms with E-state index in [1.54, 1.807) is 48.5 Å². The van der Waals surface area contributed by atoms with Gasteiger partial charge in [0.05, 0.1) is 13.2 Å². The molecule has 0 unspecified atom stereocenters. The number of carbonyl (C=O) groups excluding carboxylic acids is 4. The predicted molar refractivity (Wildman–Crippen MR) is 135 cm³/mol. The zero-order valence-corrected chi connectivity index (χ0v) is 23.9. The Labute approximate surface area is 215 Å². The van der Waals surface area contributed by atoms with Gasteiger partial charge in [-0.3, -0.25) is 4.79 Å². The van der Waals surface area contributed by atoms with Gasteiger partial charge in [0.1, 0.15) is 36.4 Å². The Balaban J connectivity index is -0.000000613. The van der Waals surface area contributed by atoms with E-state index in [1.165, 1.54) is 0 Å². The zero-order valence-electron chi connectivity index (χ0n) is 23.9. The van der Waals surface area contributed by atoms with Crippen molar-refractivity contribution in [1.29, 1.82) is 0 Å². The van der Waals surface area contributed by atoms with Crippen LogP contribution in [-0.2, 0) is 28.5 Å². The maximum atomic E-state index is 11.9. The van der Waals surface area contributed by atoms with Crippen LogP contribution in [0.3, 0.4) is 0 Å². The summed E-state index contributed by atoms with van der Waals surface area (Å²) in [5, 5.41) is 13.2. The lowest BCUT2D eigenvalue weighted by Gasteiger charge is -2.29. The summed E-state index contributed by atoms with van der Waals surface area (Å²) in [5.41, 5.74) is -2.09. The minimum atomic E-state index is -1.03. The highest BCUT2D eigenvalue weighted by molar-refractivity contribution is 5.78. The quantitative estimate of drug-likeness (QED) is 0.265. The first kappa shape index (κ1) is 37.8. The molecule has 36 heavy (non-hydrogen) atoms. The van der Waals surface area contributed by atoms with Crippen LogP contribution in [0.15, 0.2) is 0 Å². The SMILES string of the molecule is CC.CC.CC(C)(C)OC(=O)NCCO.CC(C)(C)OC(=O)NCCOC(=O)C1(C)COC(=O)OC1. The second kappa shape index (κ2) is 19.4. The van der Waals surface area contributed by atoms with E-state index in [1.807, 2.05) is 27.7 Å². The molecule has 0 aromatic rings. The van der Waals surface area contributed by atoms with Crippen molar-refractivity contribution in [3.8, 4) is 0 Å². The van der Waals surface area contributed by atoms with Crippen LogP contribution in [-0.4, -0.2) is 80.1 Å². The maximum absolute atomic E-state index is 11.9. The third-order valence-corrected chi connectivity index (χ3v) is 3.29. The van der Waals surface area contributed by atoms with Crippen LogP contribution in [0.25, 0.3) is 0 Å². The summed E-state index contributed by atoms with van der Waals surface area (Å²) in [6, 6.07) is 0. The number of hydrogen-bond acceptors (Lipinski definition) is 10. The van der Waals surface area contributed by atoms with Gasteiger partial charge in [0, 0.05) is 6.54 Å². The van der Waals surface area contributed by atoms with E-state index in [0.717, 1.165) is 0 Å². The number of amides is 2. The summed E-state index contributed by atoms with van der Waals surface area (Å²) in [6.07, 6.45) is -1.88. The molecule has 1 rings (SSSR count). The Kier molecular flexibility index (Phi) is 20.4. The lowest BCUT2D eigenvalue weighted by Crippen LogP contribution is -2.44. The Hall–Kier alpha value is -2.76. The van der Waals surface area contributed by atoms with E-state index in [0.29, 0.717) is 0 Å². The normalized spacial score (nSPS) is 13.7. The minimum absolute atomic E-state index is 0.0123. The van der Waals surface area contributed by atoms with Gasteiger partial charge >= 0.3 is 24.3 Å². The average Bonchev–Trinajstić information content (AvgIpc) is 2.78. The minimum Gasteiger partial charge on any atom is -0.463 e. The summed E-state index contributed by atoms with van der Waals surface area (Å²) in [7, 11) is 0. The van der Waals surface area contributed by atoms with E-state index in [4.69, 9.17) is 19.3 Å². The molecule has 0 saturated carbocycles. The summed E-state index contributed by atoms with van der Waals surface area (Å²) < 4.78 is 24.2. The molecule has 0 atom stereocenters. The fourth-order valence-electron chi connectivity index (χ4n) is 1.89. The standard InChI is InChI=1S/C13H21NO7.C7H15NO3.2C2H6/c1-12(2,3)21-10(16)14-5-6-18-9(15)13(4)7-19-11(17)20-8-13;1-7(2,3)11-6(10)8-4-5-9;2*1-2/h5-8H2,1-4H3,(H,14,16);9H,4-5H2,1-3H3,(H,8,10);2*1-2H3. The molecular weight excluding hydrogens is 476 g/mol. The van der Waals surface area contributed by atoms with Gasteiger partial charge in [0.15, 0.2) is 0 Å².